The third-order valence-corrected chi connectivity index (χ3v) is 4.40. The molecule has 0 fully saturated rings. The van der Waals surface area contributed by atoms with E-state index < -0.39 is 0 Å². The molecule has 0 aromatic carbocycles. The molecule has 0 aliphatic carbocycles. The highest BCUT2D eigenvalue weighted by molar-refractivity contribution is 5.90. The minimum atomic E-state index is -0.388. The Morgan fingerprint density at radius 2 is 1.81 bits per heavy atom. The lowest BCUT2D eigenvalue weighted by Gasteiger charge is -2.20. The van der Waals surface area contributed by atoms with Crippen molar-refractivity contribution in [1.82, 2.24) is 10.6 Å². The second-order valence-corrected chi connectivity index (χ2v) is 7.10. The van der Waals surface area contributed by atoms with Gasteiger partial charge in [-0.25, -0.2) is 0 Å². The van der Waals surface area contributed by atoms with Crippen molar-refractivity contribution in [3.8, 4) is 0 Å². The summed E-state index contributed by atoms with van der Waals surface area (Å²) in [5.74, 6) is -0.163. The van der Waals surface area contributed by atoms with Gasteiger partial charge < -0.3 is 15.7 Å². The van der Waals surface area contributed by atoms with Crippen molar-refractivity contribution in [2.75, 3.05) is 19.7 Å². The molecule has 2 amide bonds. The second-order valence-electron chi connectivity index (χ2n) is 7.10. The molecule has 0 saturated heterocycles. The zero-order valence-electron chi connectivity index (χ0n) is 17.1. The van der Waals surface area contributed by atoms with E-state index in [9.17, 15) is 9.59 Å². The monoisotopic (exact) mass is 366 g/mol. The number of allylic oxidation sites excluding steroid dienone is 1. The molecular formula is C21H38N2O3. The summed E-state index contributed by atoms with van der Waals surface area (Å²) < 4.78 is 0. The lowest BCUT2D eigenvalue weighted by Crippen LogP contribution is -2.33. The van der Waals surface area contributed by atoms with Gasteiger partial charge in [0.2, 0.25) is 11.8 Å². The highest BCUT2D eigenvalue weighted by atomic mass is 16.3. The Morgan fingerprint density at radius 1 is 1.12 bits per heavy atom. The Hall–Kier alpha value is -1.62. The van der Waals surface area contributed by atoms with Crippen LogP contribution in [0.5, 0.6) is 0 Å². The number of nitrogens with one attached hydrogen (secondary N) is 2. The third kappa shape index (κ3) is 11.1. The number of hydrogen-bond acceptors (Lipinski definition) is 3. The molecule has 2 unspecified atom stereocenters. The minimum Gasteiger partial charge on any atom is -0.395 e. The Morgan fingerprint density at radius 3 is 2.35 bits per heavy atom. The van der Waals surface area contributed by atoms with Crippen LogP contribution in [0.15, 0.2) is 23.8 Å². The molecule has 0 aliphatic heterocycles. The fourth-order valence-corrected chi connectivity index (χ4v) is 3.00. The highest BCUT2D eigenvalue weighted by Gasteiger charge is 2.20. The maximum atomic E-state index is 12.3. The largest absolute Gasteiger partial charge is 0.395 e. The van der Waals surface area contributed by atoms with Crippen LogP contribution in [0, 0.1) is 11.8 Å². The van der Waals surface area contributed by atoms with E-state index in [2.05, 4.69) is 24.1 Å². The predicted octanol–water partition coefficient (Wildman–Crippen LogP) is 3.35. The minimum absolute atomic E-state index is 0.0916. The molecule has 0 aromatic heterocycles. The van der Waals surface area contributed by atoms with Crippen LogP contribution in [0.4, 0.5) is 0 Å². The summed E-state index contributed by atoms with van der Waals surface area (Å²) in [5.41, 5.74) is 2.01. The molecule has 26 heavy (non-hydrogen) atoms. The first-order valence-corrected chi connectivity index (χ1v) is 9.86. The SMILES string of the molecule is C=C(C)CC(CCC)CC/C(=C\C(=O)NCCC)C(C)C(=O)NCCO. The summed E-state index contributed by atoms with van der Waals surface area (Å²) in [6, 6.07) is 0. The summed E-state index contributed by atoms with van der Waals surface area (Å²) in [5, 5.41) is 14.4. The van der Waals surface area contributed by atoms with E-state index in [0.717, 1.165) is 37.7 Å². The Bertz CT molecular complexity index is 472. The van der Waals surface area contributed by atoms with Crippen molar-refractivity contribution in [2.24, 2.45) is 11.8 Å². The Balaban J connectivity index is 5.11. The number of aliphatic hydroxyl groups excluding tert-OH is 1. The first-order chi connectivity index (χ1) is 12.3. The first kappa shape index (κ1) is 24.4. The molecule has 150 valence electrons. The van der Waals surface area contributed by atoms with Crippen molar-refractivity contribution < 1.29 is 14.7 Å². The first-order valence-electron chi connectivity index (χ1n) is 9.86. The summed E-state index contributed by atoms with van der Waals surface area (Å²) in [7, 11) is 0. The zero-order chi connectivity index (χ0) is 19.9. The van der Waals surface area contributed by atoms with E-state index in [4.69, 9.17) is 5.11 Å². The fraction of sp³-hybridized carbons (Fsp3) is 0.714. The van der Waals surface area contributed by atoms with E-state index in [-0.39, 0.29) is 30.9 Å². The van der Waals surface area contributed by atoms with Crippen LogP contribution in [-0.4, -0.2) is 36.6 Å². The van der Waals surface area contributed by atoms with Crippen molar-refractivity contribution in [3.63, 3.8) is 0 Å². The Kier molecular flexibility index (Phi) is 13.6. The van der Waals surface area contributed by atoms with Crippen LogP contribution in [0.1, 0.15) is 66.2 Å². The lowest BCUT2D eigenvalue weighted by molar-refractivity contribution is -0.123. The van der Waals surface area contributed by atoms with Crippen LogP contribution < -0.4 is 10.6 Å². The maximum absolute atomic E-state index is 12.3. The summed E-state index contributed by atoms with van der Waals surface area (Å²) >= 11 is 0. The topological polar surface area (TPSA) is 78.4 Å². The van der Waals surface area contributed by atoms with E-state index in [1.54, 1.807) is 6.08 Å². The van der Waals surface area contributed by atoms with Crippen LogP contribution in [0.3, 0.4) is 0 Å². The van der Waals surface area contributed by atoms with Gasteiger partial charge in [-0.1, -0.05) is 37.8 Å². The number of carbonyl (C=O) groups excluding carboxylic acids is 2. The molecule has 0 heterocycles. The molecule has 2 atom stereocenters. The average molecular weight is 367 g/mol. The van der Waals surface area contributed by atoms with Crippen molar-refractivity contribution in [3.05, 3.63) is 23.8 Å². The van der Waals surface area contributed by atoms with Gasteiger partial charge in [-0.15, -0.1) is 6.58 Å². The van der Waals surface area contributed by atoms with Crippen molar-refractivity contribution >= 4 is 11.8 Å². The van der Waals surface area contributed by atoms with E-state index >= 15 is 0 Å². The number of amides is 2. The van der Waals surface area contributed by atoms with Crippen LogP contribution in [-0.2, 0) is 9.59 Å². The van der Waals surface area contributed by atoms with Crippen LogP contribution >= 0.6 is 0 Å². The third-order valence-electron chi connectivity index (χ3n) is 4.40. The molecule has 0 spiro atoms. The maximum Gasteiger partial charge on any atom is 0.243 e. The highest BCUT2D eigenvalue weighted by Crippen LogP contribution is 2.26. The van der Waals surface area contributed by atoms with Crippen molar-refractivity contribution in [1.29, 1.82) is 0 Å². The zero-order valence-corrected chi connectivity index (χ0v) is 17.1. The molecule has 3 N–H and O–H groups in total. The van der Waals surface area contributed by atoms with Gasteiger partial charge in [-0.2, -0.15) is 0 Å². The number of carbonyl (C=O) groups is 2. The van der Waals surface area contributed by atoms with Gasteiger partial charge in [0.1, 0.15) is 0 Å². The van der Waals surface area contributed by atoms with Gasteiger partial charge >= 0.3 is 0 Å². The van der Waals surface area contributed by atoms with Gasteiger partial charge in [0.05, 0.1) is 12.5 Å². The van der Waals surface area contributed by atoms with Crippen molar-refractivity contribution in [2.45, 2.75) is 66.2 Å². The predicted molar refractivity (Wildman–Crippen MR) is 108 cm³/mol. The van der Waals surface area contributed by atoms with Gasteiger partial charge in [0.15, 0.2) is 0 Å². The summed E-state index contributed by atoms with van der Waals surface area (Å²) in [6.07, 6.45) is 7.32. The van der Waals surface area contributed by atoms with Gasteiger partial charge in [-0.3, -0.25) is 9.59 Å². The van der Waals surface area contributed by atoms with Gasteiger partial charge in [-0.05, 0) is 45.4 Å². The molecule has 0 rings (SSSR count). The molecule has 0 aromatic rings. The smallest absolute Gasteiger partial charge is 0.243 e. The molecule has 0 saturated carbocycles. The number of aliphatic hydroxyl groups is 1. The lowest BCUT2D eigenvalue weighted by atomic mass is 9.86. The molecule has 0 aliphatic rings. The molecule has 0 bridgehead atoms. The Labute approximate surface area is 159 Å². The fourth-order valence-electron chi connectivity index (χ4n) is 3.00. The van der Waals surface area contributed by atoms with E-state index in [1.165, 1.54) is 5.57 Å². The molecule has 0 radical (unpaired) electrons. The van der Waals surface area contributed by atoms with Crippen LogP contribution in [0.25, 0.3) is 0 Å². The normalized spacial score (nSPS) is 13.8. The molecular weight excluding hydrogens is 328 g/mol. The van der Waals surface area contributed by atoms with Gasteiger partial charge in [0.25, 0.3) is 0 Å². The molecule has 5 heteroatoms. The standard InChI is InChI=1S/C21H38N2O3/c1-6-8-18(14-16(3)4)9-10-19(15-20(25)22-11-7-2)17(5)21(26)23-12-13-24/h15,17-18,24H,3,6-14H2,1-2,4-5H3,(H,22,25)(H,23,26)/b19-15+. The van der Waals surface area contributed by atoms with E-state index in [1.807, 2.05) is 20.8 Å². The summed E-state index contributed by atoms with van der Waals surface area (Å²) in [4.78, 5) is 24.4. The average Bonchev–Trinajstić information content (AvgIpc) is 2.60. The summed E-state index contributed by atoms with van der Waals surface area (Å²) in [6.45, 7) is 12.8. The number of rotatable bonds is 14. The number of hydrogen-bond donors (Lipinski definition) is 3. The van der Waals surface area contributed by atoms with Gasteiger partial charge in [0, 0.05) is 19.2 Å². The van der Waals surface area contributed by atoms with E-state index in [0.29, 0.717) is 18.9 Å². The molecule has 5 nitrogen and oxygen atoms in total. The van der Waals surface area contributed by atoms with Crippen LogP contribution in [0.2, 0.25) is 0 Å². The second kappa shape index (κ2) is 14.5. The quantitative estimate of drug-likeness (QED) is 0.326.